The molecule has 4 rings (SSSR count). The van der Waals surface area contributed by atoms with Crippen molar-refractivity contribution in [3.63, 3.8) is 0 Å². The molecule has 3 N–H and O–H groups in total. The van der Waals surface area contributed by atoms with E-state index in [1.807, 2.05) is 12.1 Å². The van der Waals surface area contributed by atoms with Crippen LogP contribution in [0.25, 0.3) is 10.2 Å². The van der Waals surface area contributed by atoms with Crippen molar-refractivity contribution >= 4 is 48.9 Å². The van der Waals surface area contributed by atoms with Crippen LogP contribution in [0.15, 0.2) is 51.9 Å². The lowest BCUT2D eigenvalue weighted by Crippen LogP contribution is -2.13. The highest BCUT2D eigenvalue weighted by Gasteiger charge is 2.21. The van der Waals surface area contributed by atoms with Gasteiger partial charge in [-0.2, -0.15) is 0 Å². The van der Waals surface area contributed by atoms with Crippen molar-refractivity contribution in [2.75, 3.05) is 10.5 Å². The van der Waals surface area contributed by atoms with Gasteiger partial charge in [0.05, 0.1) is 10.6 Å². The van der Waals surface area contributed by atoms with Crippen LogP contribution in [0.2, 0.25) is 0 Å². The fraction of sp³-hybridized carbons (Fsp3) is 0.190. The lowest BCUT2D eigenvalue weighted by Gasteiger charge is -2.06. The van der Waals surface area contributed by atoms with Crippen molar-refractivity contribution in [1.29, 1.82) is 0 Å². The topological polar surface area (TPSA) is 128 Å². The summed E-state index contributed by atoms with van der Waals surface area (Å²) in [7, 11) is -3.86. The second kappa shape index (κ2) is 8.12. The van der Waals surface area contributed by atoms with E-state index >= 15 is 0 Å². The molecule has 3 aromatic heterocycles. The molecule has 10 heteroatoms. The number of benzene rings is 1. The molecule has 0 radical (unpaired) electrons. The summed E-state index contributed by atoms with van der Waals surface area (Å²) in [5, 5.41) is 4.37. The molecule has 0 fully saturated rings. The Balaban J connectivity index is 1.60. The van der Waals surface area contributed by atoms with E-state index in [4.69, 9.17) is 10.3 Å². The van der Waals surface area contributed by atoms with E-state index in [9.17, 15) is 13.2 Å². The van der Waals surface area contributed by atoms with Crippen LogP contribution >= 0.6 is 11.3 Å². The molecule has 0 unspecified atom stereocenters. The van der Waals surface area contributed by atoms with Gasteiger partial charge in [0.25, 0.3) is 10.0 Å². The minimum absolute atomic E-state index is 0.000102. The number of thiophene rings is 1. The van der Waals surface area contributed by atoms with Gasteiger partial charge in [-0.05, 0) is 49.7 Å². The first-order valence-electron chi connectivity index (χ1n) is 9.57. The number of aryl methyl sites for hydroxylation is 2. The third kappa shape index (κ3) is 4.17. The Kier molecular flexibility index (Phi) is 5.50. The largest absolute Gasteiger partial charge is 0.397 e. The molecule has 160 valence electrons. The SMILES string of the molecule is CCCc1ccc2c(N)c(C(=O)c3ccc(S(=O)(=O)Nc4cc(C)on4)cc3)sc2n1. The first kappa shape index (κ1) is 21.0. The lowest BCUT2D eigenvalue weighted by atomic mass is 10.1. The first-order valence-corrected chi connectivity index (χ1v) is 11.9. The van der Waals surface area contributed by atoms with Gasteiger partial charge in [0.1, 0.15) is 15.5 Å². The molecular formula is C21H20N4O4S2. The number of ketones is 1. The molecule has 0 saturated carbocycles. The molecule has 31 heavy (non-hydrogen) atoms. The number of pyridine rings is 1. The van der Waals surface area contributed by atoms with Gasteiger partial charge < -0.3 is 10.3 Å². The molecule has 0 aliphatic heterocycles. The molecular weight excluding hydrogens is 436 g/mol. The number of fused-ring (bicyclic) bond motifs is 1. The van der Waals surface area contributed by atoms with Crippen LogP contribution in [-0.4, -0.2) is 24.3 Å². The molecule has 0 amide bonds. The van der Waals surface area contributed by atoms with Crippen molar-refractivity contribution in [2.24, 2.45) is 0 Å². The van der Waals surface area contributed by atoms with E-state index in [0.29, 0.717) is 21.9 Å². The highest BCUT2D eigenvalue weighted by molar-refractivity contribution is 7.92. The van der Waals surface area contributed by atoms with Gasteiger partial charge in [-0.15, -0.1) is 11.3 Å². The van der Waals surface area contributed by atoms with E-state index in [1.165, 1.54) is 41.7 Å². The Labute approximate surface area is 183 Å². The summed E-state index contributed by atoms with van der Waals surface area (Å²) in [5.74, 6) is 0.295. The van der Waals surface area contributed by atoms with Gasteiger partial charge in [0.2, 0.25) is 5.78 Å². The third-order valence-electron chi connectivity index (χ3n) is 4.66. The van der Waals surface area contributed by atoms with Gasteiger partial charge >= 0.3 is 0 Å². The van der Waals surface area contributed by atoms with E-state index in [2.05, 4.69) is 21.8 Å². The van der Waals surface area contributed by atoms with Crippen molar-refractivity contribution in [1.82, 2.24) is 10.1 Å². The number of hydrogen-bond donors (Lipinski definition) is 2. The van der Waals surface area contributed by atoms with Crippen LogP contribution in [0.3, 0.4) is 0 Å². The van der Waals surface area contributed by atoms with Crippen molar-refractivity contribution < 1.29 is 17.7 Å². The standard InChI is InChI=1S/C21H20N4O4S2/c1-3-4-14-7-10-16-18(22)20(30-21(16)23-14)19(26)13-5-8-15(9-6-13)31(27,28)25-17-11-12(2)29-24-17/h5-11H,3-4,22H2,1-2H3,(H,24,25). The van der Waals surface area contributed by atoms with Gasteiger partial charge in [-0.25, -0.2) is 13.4 Å². The summed E-state index contributed by atoms with van der Waals surface area (Å²) < 4.78 is 32.2. The van der Waals surface area contributed by atoms with Gasteiger partial charge in [0.15, 0.2) is 5.82 Å². The summed E-state index contributed by atoms with van der Waals surface area (Å²) in [5.41, 5.74) is 7.90. The van der Waals surface area contributed by atoms with E-state index in [-0.39, 0.29) is 16.5 Å². The quantitative estimate of drug-likeness (QED) is 0.400. The van der Waals surface area contributed by atoms with Gasteiger partial charge in [0, 0.05) is 22.7 Å². The van der Waals surface area contributed by atoms with Crippen molar-refractivity contribution in [2.45, 2.75) is 31.6 Å². The predicted octanol–water partition coefficient (Wildman–Crippen LogP) is 4.16. The summed E-state index contributed by atoms with van der Waals surface area (Å²) in [6.45, 7) is 3.74. The Morgan fingerprint density at radius 2 is 1.94 bits per heavy atom. The Bertz CT molecular complexity index is 1370. The van der Waals surface area contributed by atoms with Crippen LogP contribution < -0.4 is 10.5 Å². The first-order chi connectivity index (χ1) is 14.8. The Morgan fingerprint density at radius 1 is 1.19 bits per heavy atom. The maximum Gasteiger partial charge on any atom is 0.263 e. The molecule has 4 aromatic rings. The lowest BCUT2D eigenvalue weighted by molar-refractivity contribution is 0.104. The monoisotopic (exact) mass is 456 g/mol. The van der Waals surface area contributed by atoms with Crippen LogP contribution in [0.1, 0.15) is 40.0 Å². The zero-order valence-electron chi connectivity index (χ0n) is 16.9. The molecule has 0 aliphatic rings. The average molecular weight is 457 g/mol. The summed E-state index contributed by atoms with van der Waals surface area (Å²) in [6, 6.07) is 10.9. The second-order valence-corrected chi connectivity index (χ2v) is 9.71. The highest BCUT2D eigenvalue weighted by Crippen LogP contribution is 2.34. The molecule has 1 aromatic carbocycles. The van der Waals surface area contributed by atoms with Crippen molar-refractivity contribution in [3.8, 4) is 0 Å². The number of sulfonamides is 1. The molecule has 8 nitrogen and oxygen atoms in total. The maximum atomic E-state index is 13.0. The second-order valence-electron chi connectivity index (χ2n) is 7.03. The van der Waals surface area contributed by atoms with Crippen LogP contribution in [0.5, 0.6) is 0 Å². The van der Waals surface area contributed by atoms with E-state index in [1.54, 1.807) is 6.92 Å². The van der Waals surface area contributed by atoms with E-state index < -0.39 is 10.0 Å². The Hall–Kier alpha value is -3.24. The smallest absolute Gasteiger partial charge is 0.263 e. The molecule has 0 atom stereocenters. The number of hydrogen-bond acceptors (Lipinski definition) is 8. The van der Waals surface area contributed by atoms with Crippen LogP contribution in [-0.2, 0) is 16.4 Å². The predicted molar refractivity (Wildman–Crippen MR) is 120 cm³/mol. The number of anilines is 2. The molecule has 0 spiro atoms. The van der Waals surface area contributed by atoms with E-state index in [0.717, 1.165) is 28.8 Å². The third-order valence-corrected chi connectivity index (χ3v) is 7.14. The molecule has 0 saturated heterocycles. The highest BCUT2D eigenvalue weighted by atomic mass is 32.2. The van der Waals surface area contributed by atoms with Crippen molar-refractivity contribution in [3.05, 3.63) is 64.4 Å². The number of nitrogen functional groups attached to an aromatic ring is 1. The normalized spacial score (nSPS) is 11.7. The molecule has 0 aliphatic carbocycles. The number of aromatic nitrogens is 2. The zero-order valence-corrected chi connectivity index (χ0v) is 18.5. The number of nitrogens with one attached hydrogen (secondary N) is 1. The number of rotatable bonds is 7. The number of carbonyl (C=O) groups excluding carboxylic acids is 1. The average Bonchev–Trinajstić information content (AvgIpc) is 3.30. The summed E-state index contributed by atoms with van der Waals surface area (Å²) >= 11 is 1.25. The molecule has 0 bridgehead atoms. The zero-order chi connectivity index (χ0) is 22.2. The minimum Gasteiger partial charge on any atom is -0.397 e. The summed E-state index contributed by atoms with van der Waals surface area (Å²) in [4.78, 5) is 18.7. The minimum atomic E-state index is -3.86. The summed E-state index contributed by atoms with van der Waals surface area (Å²) in [6.07, 6.45) is 1.83. The molecule has 3 heterocycles. The van der Waals surface area contributed by atoms with Gasteiger partial charge in [-0.1, -0.05) is 18.5 Å². The number of carbonyl (C=O) groups is 1. The maximum absolute atomic E-state index is 13.0. The van der Waals surface area contributed by atoms with Crippen LogP contribution in [0, 0.1) is 6.92 Å². The number of nitrogens with zero attached hydrogens (tertiary/aromatic N) is 2. The Morgan fingerprint density at radius 3 is 2.58 bits per heavy atom. The van der Waals surface area contributed by atoms with Crippen LogP contribution in [0.4, 0.5) is 11.5 Å². The number of nitrogens with two attached hydrogens (primary N) is 1. The fourth-order valence-corrected chi connectivity index (χ4v) is 5.19. The fourth-order valence-electron chi connectivity index (χ4n) is 3.13. The van der Waals surface area contributed by atoms with Gasteiger partial charge in [-0.3, -0.25) is 9.52 Å².